The van der Waals surface area contributed by atoms with Gasteiger partial charge < -0.3 is 9.47 Å². The molecular formula is C18H17N5O2. The molecule has 0 radical (unpaired) electrons. The van der Waals surface area contributed by atoms with Crippen LogP contribution in [0.25, 0.3) is 11.3 Å². The third-order valence-electron chi connectivity index (χ3n) is 3.44. The van der Waals surface area contributed by atoms with E-state index in [-0.39, 0.29) is 0 Å². The van der Waals surface area contributed by atoms with Crippen molar-refractivity contribution in [1.82, 2.24) is 15.2 Å². The van der Waals surface area contributed by atoms with Gasteiger partial charge in [-0.15, -0.1) is 5.10 Å². The molecule has 0 atom stereocenters. The Morgan fingerprint density at radius 2 is 1.88 bits per heavy atom. The molecule has 0 amide bonds. The standard InChI is InChI=1S/C18H17N5O2/c1-24-15-9-8-14(17(10-15)25-2)11-19-22-18-21-16(12-20-23-18)13-6-4-3-5-7-13/h3-12H,1-2H3,(H,21,22,23). The predicted octanol–water partition coefficient (Wildman–Crippen LogP) is 3.00. The van der Waals surface area contributed by atoms with Crippen molar-refractivity contribution in [2.45, 2.75) is 0 Å². The molecular weight excluding hydrogens is 318 g/mol. The normalized spacial score (nSPS) is 10.6. The first kappa shape index (κ1) is 16.4. The minimum atomic E-state index is 0.310. The molecule has 0 unspecified atom stereocenters. The van der Waals surface area contributed by atoms with Crippen LogP contribution in [0.1, 0.15) is 5.56 Å². The molecule has 3 rings (SSSR count). The van der Waals surface area contributed by atoms with Gasteiger partial charge in [-0.25, -0.2) is 10.4 Å². The van der Waals surface area contributed by atoms with E-state index < -0.39 is 0 Å². The SMILES string of the molecule is COc1ccc(C=NNc2nncc(-c3ccccc3)n2)c(OC)c1. The summed E-state index contributed by atoms with van der Waals surface area (Å²) in [6, 6.07) is 15.2. The summed E-state index contributed by atoms with van der Waals surface area (Å²) in [7, 11) is 3.20. The van der Waals surface area contributed by atoms with Crippen LogP contribution in [0.4, 0.5) is 5.95 Å². The largest absolute Gasteiger partial charge is 0.497 e. The van der Waals surface area contributed by atoms with Crippen LogP contribution >= 0.6 is 0 Å². The molecule has 0 aliphatic carbocycles. The first-order chi connectivity index (χ1) is 12.3. The number of hydrogen-bond acceptors (Lipinski definition) is 7. The molecule has 0 saturated carbocycles. The monoisotopic (exact) mass is 335 g/mol. The summed E-state index contributed by atoms with van der Waals surface area (Å²) in [5.41, 5.74) is 5.25. The number of aromatic nitrogens is 3. The molecule has 0 aliphatic heterocycles. The minimum Gasteiger partial charge on any atom is -0.497 e. The molecule has 1 heterocycles. The van der Waals surface area contributed by atoms with Gasteiger partial charge in [0.15, 0.2) is 0 Å². The van der Waals surface area contributed by atoms with Crippen molar-refractivity contribution in [2.75, 3.05) is 19.6 Å². The molecule has 0 aliphatic rings. The van der Waals surface area contributed by atoms with E-state index in [2.05, 4.69) is 25.7 Å². The first-order valence-corrected chi connectivity index (χ1v) is 7.56. The fraction of sp³-hybridized carbons (Fsp3) is 0.111. The summed E-state index contributed by atoms with van der Waals surface area (Å²) in [4.78, 5) is 4.39. The zero-order valence-electron chi connectivity index (χ0n) is 13.9. The fourth-order valence-corrected chi connectivity index (χ4v) is 2.18. The van der Waals surface area contributed by atoms with Gasteiger partial charge in [0, 0.05) is 17.2 Å². The van der Waals surface area contributed by atoms with Gasteiger partial charge in [-0.2, -0.15) is 10.2 Å². The number of nitrogens with one attached hydrogen (secondary N) is 1. The number of hydrazone groups is 1. The van der Waals surface area contributed by atoms with Gasteiger partial charge in [-0.1, -0.05) is 30.3 Å². The average molecular weight is 335 g/mol. The van der Waals surface area contributed by atoms with Gasteiger partial charge in [-0.05, 0) is 12.1 Å². The maximum Gasteiger partial charge on any atom is 0.263 e. The quantitative estimate of drug-likeness (QED) is 0.551. The van der Waals surface area contributed by atoms with Crippen molar-refractivity contribution in [3.63, 3.8) is 0 Å². The van der Waals surface area contributed by atoms with Crippen molar-refractivity contribution in [2.24, 2.45) is 5.10 Å². The zero-order chi connectivity index (χ0) is 17.5. The molecule has 0 spiro atoms. The van der Waals surface area contributed by atoms with Crippen LogP contribution in [0.3, 0.4) is 0 Å². The zero-order valence-corrected chi connectivity index (χ0v) is 13.9. The summed E-state index contributed by atoms with van der Waals surface area (Å²) in [6.45, 7) is 0. The summed E-state index contributed by atoms with van der Waals surface area (Å²) < 4.78 is 10.5. The highest BCUT2D eigenvalue weighted by atomic mass is 16.5. The Bertz CT molecular complexity index is 868. The lowest BCUT2D eigenvalue weighted by Gasteiger charge is -2.07. The summed E-state index contributed by atoms with van der Waals surface area (Å²) in [5, 5.41) is 12.0. The van der Waals surface area contributed by atoms with Gasteiger partial charge in [0.2, 0.25) is 0 Å². The number of anilines is 1. The first-order valence-electron chi connectivity index (χ1n) is 7.56. The lowest BCUT2D eigenvalue weighted by molar-refractivity contribution is 0.394. The van der Waals surface area contributed by atoms with Gasteiger partial charge in [0.25, 0.3) is 5.95 Å². The lowest BCUT2D eigenvalue weighted by atomic mass is 10.2. The van der Waals surface area contributed by atoms with Crippen LogP contribution < -0.4 is 14.9 Å². The lowest BCUT2D eigenvalue weighted by Crippen LogP contribution is -2.00. The van der Waals surface area contributed by atoms with Crippen LogP contribution in [0.5, 0.6) is 11.5 Å². The van der Waals surface area contributed by atoms with Gasteiger partial charge in [-0.3, -0.25) is 0 Å². The second-order valence-corrected chi connectivity index (χ2v) is 5.01. The number of methoxy groups -OCH3 is 2. The molecule has 25 heavy (non-hydrogen) atoms. The summed E-state index contributed by atoms with van der Waals surface area (Å²) >= 11 is 0. The van der Waals surface area contributed by atoms with Crippen LogP contribution in [0.15, 0.2) is 59.8 Å². The Morgan fingerprint density at radius 3 is 2.64 bits per heavy atom. The molecule has 0 fully saturated rings. The van der Waals surface area contributed by atoms with Crippen LogP contribution in [-0.2, 0) is 0 Å². The van der Waals surface area contributed by atoms with Crippen LogP contribution in [0.2, 0.25) is 0 Å². The molecule has 7 nitrogen and oxygen atoms in total. The molecule has 1 N–H and O–H groups in total. The number of hydrogen-bond donors (Lipinski definition) is 1. The second kappa shape index (κ2) is 7.87. The number of ether oxygens (including phenoxy) is 2. The van der Waals surface area contributed by atoms with Crippen molar-refractivity contribution in [1.29, 1.82) is 0 Å². The van der Waals surface area contributed by atoms with E-state index in [1.165, 1.54) is 0 Å². The fourth-order valence-electron chi connectivity index (χ4n) is 2.18. The van der Waals surface area contributed by atoms with E-state index in [1.54, 1.807) is 32.7 Å². The molecule has 3 aromatic rings. The van der Waals surface area contributed by atoms with Crippen molar-refractivity contribution >= 4 is 12.2 Å². The second-order valence-electron chi connectivity index (χ2n) is 5.01. The van der Waals surface area contributed by atoms with Crippen LogP contribution in [0, 0.1) is 0 Å². The molecule has 2 aromatic carbocycles. The van der Waals surface area contributed by atoms with Gasteiger partial charge in [0.05, 0.1) is 32.3 Å². The van der Waals surface area contributed by atoms with Crippen LogP contribution in [-0.4, -0.2) is 35.6 Å². The average Bonchev–Trinajstić information content (AvgIpc) is 2.69. The Hall–Kier alpha value is -3.48. The third-order valence-corrected chi connectivity index (χ3v) is 3.44. The van der Waals surface area contributed by atoms with Crippen molar-refractivity contribution in [3.8, 4) is 22.8 Å². The van der Waals surface area contributed by atoms with E-state index >= 15 is 0 Å². The topological polar surface area (TPSA) is 81.5 Å². The van der Waals surface area contributed by atoms with Crippen molar-refractivity contribution in [3.05, 3.63) is 60.3 Å². The summed E-state index contributed by atoms with van der Waals surface area (Å²) in [5.74, 6) is 1.68. The molecule has 126 valence electrons. The summed E-state index contributed by atoms with van der Waals surface area (Å²) in [6.07, 6.45) is 3.23. The Kier molecular flexibility index (Phi) is 5.16. The number of benzene rings is 2. The van der Waals surface area contributed by atoms with E-state index in [9.17, 15) is 0 Å². The molecule has 0 bridgehead atoms. The Labute approximate surface area is 145 Å². The predicted molar refractivity (Wildman–Crippen MR) is 96.0 cm³/mol. The minimum absolute atomic E-state index is 0.310. The van der Waals surface area contributed by atoms with E-state index in [0.29, 0.717) is 17.4 Å². The van der Waals surface area contributed by atoms with Gasteiger partial charge >= 0.3 is 0 Å². The van der Waals surface area contributed by atoms with E-state index in [1.807, 2.05) is 42.5 Å². The van der Waals surface area contributed by atoms with E-state index in [0.717, 1.165) is 16.8 Å². The third kappa shape index (κ3) is 4.08. The highest BCUT2D eigenvalue weighted by Crippen LogP contribution is 2.23. The Morgan fingerprint density at radius 1 is 1.04 bits per heavy atom. The van der Waals surface area contributed by atoms with E-state index in [4.69, 9.17) is 9.47 Å². The molecule has 1 aromatic heterocycles. The van der Waals surface area contributed by atoms with Crippen molar-refractivity contribution < 1.29 is 9.47 Å². The van der Waals surface area contributed by atoms with Gasteiger partial charge in [0.1, 0.15) is 11.5 Å². The highest BCUT2D eigenvalue weighted by Gasteiger charge is 2.04. The number of rotatable bonds is 6. The smallest absolute Gasteiger partial charge is 0.263 e. The maximum atomic E-state index is 5.32. The Balaban J connectivity index is 1.75. The maximum absolute atomic E-state index is 5.32. The molecule has 7 heteroatoms. The molecule has 0 saturated heterocycles. The number of nitrogens with zero attached hydrogens (tertiary/aromatic N) is 4. The highest BCUT2D eigenvalue weighted by molar-refractivity contribution is 5.84.